The minimum Gasteiger partial charge on any atom is -0.352 e. The molecule has 2 aromatic carbocycles. The molecule has 0 radical (unpaired) electrons. The van der Waals surface area contributed by atoms with Crippen LogP contribution >= 0.6 is 27.3 Å². The van der Waals surface area contributed by atoms with Gasteiger partial charge < -0.3 is 4.90 Å². The number of aromatic nitrogens is 2. The normalized spacial score (nSPS) is 15.5. The molecule has 0 bridgehead atoms. The smallest absolute Gasteiger partial charge is 0.252 e. The third-order valence-corrected chi connectivity index (χ3v) is 9.27. The highest BCUT2D eigenvalue weighted by Gasteiger charge is 2.31. The summed E-state index contributed by atoms with van der Waals surface area (Å²) in [5.74, 6) is 0.792. The Labute approximate surface area is 193 Å². The molecule has 0 aliphatic carbocycles. The quantitative estimate of drug-likeness (QED) is 0.397. The molecule has 4 aromatic rings. The van der Waals surface area contributed by atoms with Gasteiger partial charge in [0.15, 0.2) is 5.82 Å². The largest absolute Gasteiger partial charge is 0.352 e. The summed E-state index contributed by atoms with van der Waals surface area (Å²) in [6, 6.07) is 21.2. The summed E-state index contributed by atoms with van der Waals surface area (Å²) in [6.07, 6.45) is 0. The van der Waals surface area contributed by atoms with Crippen molar-refractivity contribution in [3.05, 3.63) is 70.5 Å². The van der Waals surface area contributed by atoms with Crippen molar-refractivity contribution < 1.29 is 8.42 Å². The van der Waals surface area contributed by atoms with Gasteiger partial charge >= 0.3 is 0 Å². The van der Waals surface area contributed by atoms with Gasteiger partial charge in [-0.15, -0.1) is 11.3 Å². The molecule has 1 aliphatic rings. The van der Waals surface area contributed by atoms with Crippen molar-refractivity contribution in [3.63, 3.8) is 0 Å². The van der Waals surface area contributed by atoms with Crippen molar-refractivity contribution in [1.29, 1.82) is 0 Å². The number of anilines is 1. The van der Waals surface area contributed by atoms with Gasteiger partial charge in [-0.3, -0.25) is 0 Å². The number of halogens is 1. The number of nitrogens with zero attached hydrogens (tertiary/aromatic N) is 4. The average Bonchev–Trinajstić information content (AvgIpc) is 3.26. The van der Waals surface area contributed by atoms with E-state index in [2.05, 4.69) is 20.8 Å². The monoisotopic (exact) mass is 514 g/mol. The Kier molecular flexibility index (Phi) is 5.51. The van der Waals surface area contributed by atoms with Gasteiger partial charge in [0, 0.05) is 31.7 Å². The van der Waals surface area contributed by atoms with Crippen molar-refractivity contribution in [1.82, 2.24) is 14.3 Å². The number of benzene rings is 2. The number of sulfonamides is 1. The van der Waals surface area contributed by atoms with E-state index < -0.39 is 10.0 Å². The molecule has 9 heteroatoms. The Hall–Kier alpha value is -2.33. The lowest BCUT2D eigenvalue weighted by molar-refractivity contribution is 0.385. The summed E-state index contributed by atoms with van der Waals surface area (Å²) in [5, 5.41) is 0. The standard InChI is InChI=1S/C22H19BrN4O2S2/c23-19-10-11-20(30-19)31(28,29)27-14-12-26(13-15-27)22-21(16-6-2-1-3-7-16)24-17-8-4-5-9-18(17)25-22/h1-11H,12-15H2. The molecule has 6 nitrogen and oxygen atoms in total. The van der Waals surface area contributed by atoms with E-state index in [1.54, 1.807) is 16.4 Å². The molecule has 158 valence electrons. The molecule has 2 aromatic heterocycles. The van der Waals surface area contributed by atoms with Crippen LogP contribution in [-0.4, -0.2) is 48.9 Å². The molecule has 0 spiro atoms. The zero-order valence-corrected chi connectivity index (χ0v) is 19.7. The maximum Gasteiger partial charge on any atom is 0.252 e. The third kappa shape index (κ3) is 3.98. The molecular formula is C22H19BrN4O2S2. The van der Waals surface area contributed by atoms with Crippen molar-refractivity contribution in [2.75, 3.05) is 31.1 Å². The molecule has 31 heavy (non-hydrogen) atoms. The summed E-state index contributed by atoms with van der Waals surface area (Å²) in [6.45, 7) is 1.92. The predicted molar refractivity (Wildman–Crippen MR) is 128 cm³/mol. The van der Waals surface area contributed by atoms with Crippen LogP contribution in [0.3, 0.4) is 0 Å². The summed E-state index contributed by atoms with van der Waals surface area (Å²) >= 11 is 4.59. The number of hydrogen-bond donors (Lipinski definition) is 0. The van der Waals surface area contributed by atoms with Crippen LogP contribution in [0.4, 0.5) is 5.82 Å². The number of piperazine rings is 1. The highest BCUT2D eigenvalue weighted by molar-refractivity contribution is 9.11. The molecule has 0 amide bonds. The molecule has 1 aliphatic heterocycles. The highest BCUT2D eigenvalue weighted by Crippen LogP contribution is 2.32. The maximum atomic E-state index is 13.0. The van der Waals surface area contributed by atoms with Crippen molar-refractivity contribution in [3.8, 4) is 11.3 Å². The lowest BCUT2D eigenvalue weighted by atomic mass is 10.1. The second-order valence-electron chi connectivity index (χ2n) is 7.20. The first-order valence-electron chi connectivity index (χ1n) is 9.85. The first-order chi connectivity index (χ1) is 15.0. The fourth-order valence-corrected chi connectivity index (χ4v) is 7.29. The lowest BCUT2D eigenvalue weighted by Gasteiger charge is -2.35. The first kappa shape index (κ1) is 20.6. The van der Waals surface area contributed by atoms with Crippen LogP contribution in [0.1, 0.15) is 0 Å². The fourth-order valence-electron chi connectivity index (χ4n) is 3.70. The van der Waals surface area contributed by atoms with Crippen LogP contribution < -0.4 is 4.90 Å². The van der Waals surface area contributed by atoms with E-state index in [-0.39, 0.29) is 0 Å². The second kappa shape index (κ2) is 8.31. The molecular weight excluding hydrogens is 496 g/mol. The van der Waals surface area contributed by atoms with Crippen LogP contribution in [0.5, 0.6) is 0 Å². The second-order valence-corrected chi connectivity index (χ2v) is 11.8. The minimum atomic E-state index is -3.48. The zero-order chi connectivity index (χ0) is 21.4. The minimum absolute atomic E-state index is 0.364. The molecule has 0 saturated carbocycles. The molecule has 0 N–H and O–H groups in total. The van der Waals surface area contributed by atoms with Crippen LogP contribution in [0.25, 0.3) is 22.3 Å². The van der Waals surface area contributed by atoms with E-state index in [0.717, 1.165) is 31.9 Å². The number of para-hydroxylation sites is 2. The van der Waals surface area contributed by atoms with Gasteiger partial charge in [0.2, 0.25) is 0 Å². The highest BCUT2D eigenvalue weighted by atomic mass is 79.9. The van der Waals surface area contributed by atoms with E-state index in [1.165, 1.54) is 11.3 Å². The van der Waals surface area contributed by atoms with Gasteiger partial charge in [-0.1, -0.05) is 42.5 Å². The van der Waals surface area contributed by atoms with Gasteiger partial charge in [0.1, 0.15) is 9.90 Å². The summed E-state index contributed by atoms with van der Waals surface area (Å²) in [5.41, 5.74) is 3.48. The summed E-state index contributed by atoms with van der Waals surface area (Å²) < 4.78 is 28.7. The number of hydrogen-bond acceptors (Lipinski definition) is 6. The third-order valence-electron chi connectivity index (χ3n) is 5.28. The Bertz CT molecular complexity index is 1330. The first-order valence-corrected chi connectivity index (χ1v) is 12.9. The molecule has 1 fully saturated rings. The fraction of sp³-hybridized carbons (Fsp3) is 0.182. The van der Waals surface area contributed by atoms with Gasteiger partial charge in [-0.05, 0) is 40.2 Å². The summed E-state index contributed by atoms with van der Waals surface area (Å²) in [7, 11) is -3.48. The maximum absolute atomic E-state index is 13.0. The van der Waals surface area contributed by atoms with E-state index >= 15 is 0 Å². The van der Waals surface area contributed by atoms with Gasteiger partial charge in [0.05, 0.1) is 14.8 Å². The molecule has 0 unspecified atom stereocenters. The number of rotatable bonds is 4. The van der Waals surface area contributed by atoms with Crippen LogP contribution in [0, 0.1) is 0 Å². The van der Waals surface area contributed by atoms with E-state index in [9.17, 15) is 8.42 Å². The topological polar surface area (TPSA) is 66.4 Å². The predicted octanol–water partition coefficient (Wildman–Crippen LogP) is 4.63. The Morgan fingerprint density at radius 2 is 1.45 bits per heavy atom. The van der Waals surface area contributed by atoms with Crippen LogP contribution in [-0.2, 0) is 10.0 Å². The zero-order valence-electron chi connectivity index (χ0n) is 16.5. The number of fused-ring (bicyclic) bond motifs is 1. The average molecular weight is 515 g/mol. The Morgan fingerprint density at radius 1 is 0.806 bits per heavy atom. The lowest BCUT2D eigenvalue weighted by Crippen LogP contribution is -2.49. The van der Waals surface area contributed by atoms with Gasteiger partial charge in [-0.25, -0.2) is 18.4 Å². The summed E-state index contributed by atoms with van der Waals surface area (Å²) in [4.78, 5) is 12.0. The Balaban J connectivity index is 1.47. The van der Waals surface area contributed by atoms with Crippen LogP contribution in [0.2, 0.25) is 0 Å². The number of thiophene rings is 1. The van der Waals surface area contributed by atoms with E-state index in [0.29, 0.717) is 30.4 Å². The molecule has 3 heterocycles. The van der Waals surface area contributed by atoms with E-state index in [1.807, 2.05) is 54.6 Å². The Morgan fingerprint density at radius 3 is 2.10 bits per heavy atom. The van der Waals surface area contributed by atoms with Crippen molar-refractivity contribution in [2.45, 2.75) is 4.21 Å². The SMILES string of the molecule is O=S(=O)(c1ccc(Br)s1)N1CCN(c2nc3ccccc3nc2-c2ccccc2)CC1. The van der Waals surface area contributed by atoms with E-state index in [4.69, 9.17) is 9.97 Å². The van der Waals surface area contributed by atoms with Crippen molar-refractivity contribution >= 4 is 54.1 Å². The van der Waals surface area contributed by atoms with Gasteiger partial charge in [-0.2, -0.15) is 4.31 Å². The van der Waals surface area contributed by atoms with Gasteiger partial charge in [0.25, 0.3) is 10.0 Å². The van der Waals surface area contributed by atoms with Crippen molar-refractivity contribution in [2.24, 2.45) is 0 Å². The molecule has 5 rings (SSSR count). The molecule has 1 saturated heterocycles. The molecule has 0 atom stereocenters. The van der Waals surface area contributed by atoms with Crippen LogP contribution in [0.15, 0.2) is 74.7 Å².